The second kappa shape index (κ2) is 6.61. The van der Waals surface area contributed by atoms with Gasteiger partial charge in [-0.15, -0.1) is 12.4 Å². The van der Waals surface area contributed by atoms with Crippen molar-refractivity contribution in [3.8, 4) is 0 Å². The lowest BCUT2D eigenvalue weighted by Gasteiger charge is -2.24. The number of halogens is 1. The minimum absolute atomic E-state index is 0. The SMILES string of the molecule is CSCC(C)NC(=O)C1(C)CCNC1.Cl. The summed E-state index contributed by atoms with van der Waals surface area (Å²) in [5.74, 6) is 1.18. The number of rotatable bonds is 4. The van der Waals surface area contributed by atoms with Crippen LogP contribution in [0.25, 0.3) is 0 Å². The van der Waals surface area contributed by atoms with Crippen molar-refractivity contribution in [2.24, 2.45) is 5.41 Å². The third kappa shape index (κ3) is 4.21. The monoisotopic (exact) mass is 252 g/mol. The molecule has 5 heteroatoms. The summed E-state index contributed by atoms with van der Waals surface area (Å²) in [5.41, 5.74) is -0.188. The molecule has 0 radical (unpaired) electrons. The predicted octanol–water partition coefficient (Wildman–Crippen LogP) is 1.28. The highest BCUT2D eigenvalue weighted by Gasteiger charge is 2.36. The van der Waals surface area contributed by atoms with Crippen LogP contribution >= 0.6 is 24.2 Å². The van der Waals surface area contributed by atoms with Crippen LogP contribution in [-0.2, 0) is 4.79 Å². The molecule has 1 aliphatic heterocycles. The summed E-state index contributed by atoms with van der Waals surface area (Å²) in [7, 11) is 0. The zero-order valence-corrected chi connectivity index (χ0v) is 11.3. The van der Waals surface area contributed by atoms with Crippen LogP contribution in [0.4, 0.5) is 0 Å². The molecule has 2 atom stereocenters. The maximum atomic E-state index is 11.9. The average molecular weight is 253 g/mol. The highest BCUT2D eigenvalue weighted by molar-refractivity contribution is 7.98. The summed E-state index contributed by atoms with van der Waals surface area (Å²) < 4.78 is 0. The average Bonchev–Trinajstić information content (AvgIpc) is 2.54. The number of hydrogen-bond donors (Lipinski definition) is 2. The Morgan fingerprint density at radius 1 is 1.67 bits per heavy atom. The molecule has 1 fully saturated rings. The van der Waals surface area contributed by atoms with E-state index in [2.05, 4.69) is 23.8 Å². The maximum absolute atomic E-state index is 11.9. The Labute approximate surface area is 103 Å². The van der Waals surface area contributed by atoms with Gasteiger partial charge in [0, 0.05) is 18.3 Å². The van der Waals surface area contributed by atoms with E-state index in [0.29, 0.717) is 0 Å². The van der Waals surface area contributed by atoms with E-state index in [1.165, 1.54) is 0 Å². The normalized spacial score (nSPS) is 26.9. The van der Waals surface area contributed by atoms with E-state index in [1.54, 1.807) is 11.8 Å². The van der Waals surface area contributed by atoms with Crippen molar-refractivity contribution in [1.82, 2.24) is 10.6 Å². The van der Waals surface area contributed by atoms with E-state index in [1.807, 2.05) is 6.92 Å². The van der Waals surface area contributed by atoms with Crippen molar-refractivity contribution in [3.63, 3.8) is 0 Å². The second-order valence-corrected chi connectivity index (χ2v) is 5.23. The van der Waals surface area contributed by atoms with E-state index in [0.717, 1.165) is 25.3 Å². The van der Waals surface area contributed by atoms with Gasteiger partial charge in [-0.2, -0.15) is 11.8 Å². The fourth-order valence-electron chi connectivity index (χ4n) is 1.70. The Balaban J connectivity index is 0.00000196. The first-order valence-electron chi connectivity index (χ1n) is 5.09. The summed E-state index contributed by atoms with van der Waals surface area (Å²) in [4.78, 5) is 11.9. The molecule has 0 aromatic carbocycles. The summed E-state index contributed by atoms with van der Waals surface area (Å²) in [6.07, 6.45) is 3.01. The van der Waals surface area contributed by atoms with Crippen molar-refractivity contribution in [1.29, 1.82) is 0 Å². The largest absolute Gasteiger partial charge is 0.352 e. The first-order chi connectivity index (χ1) is 6.58. The lowest BCUT2D eigenvalue weighted by Crippen LogP contribution is -2.45. The third-order valence-corrected chi connectivity index (χ3v) is 3.54. The van der Waals surface area contributed by atoms with Gasteiger partial charge in [-0.05, 0) is 33.1 Å². The number of hydrogen-bond acceptors (Lipinski definition) is 3. The fourth-order valence-corrected chi connectivity index (χ4v) is 2.28. The number of thioether (sulfide) groups is 1. The van der Waals surface area contributed by atoms with Gasteiger partial charge in [0.2, 0.25) is 5.91 Å². The Morgan fingerprint density at radius 2 is 2.33 bits per heavy atom. The van der Waals surface area contributed by atoms with Gasteiger partial charge >= 0.3 is 0 Å². The number of carbonyl (C=O) groups is 1. The van der Waals surface area contributed by atoms with E-state index < -0.39 is 0 Å². The molecule has 2 N–H and O–H groups in total. The van der Waals surface area contributed by atoms with E-state index in [4.69, 9.17) is 0 Å². The lowest BCUT2D eigenvalue weighted by molar-refractivity contribution is -0.129. The molecule has 0 aliphatic carbocycles. The number of carbonyl (C=O) groups excluding carboxylic acids is 1. The molecule has 3 nitrogen and oxygen atoms in total. The molecule has 0 aromatic rings. The van der Waals surface area contributed by atoms with Crippen LogP contribution in [0.5, 0.6) is 0 Å². The number of nitrogens with one attached hydrogen (secondary N) is 2. The minimum atomic E-state index is -0.188. The van der Waals surface area contributed by atoms with Gasteiger partial charge in [0.15, 0.2) is 0 Å². The third-order valence-electron chi connectivity index (χ3n) is 2.71. The molecule has 1 amide bonds. The van der Waals surface area contributed by atoms with Crippen LogP contribution in [-0.4, -0.2) is 37.0 Å². The Kier molecular flexibility index (Phi) is 6.64. The highest BCUT2D eigenvalue weighted by atomic mass is 35.5. The maximum Gasteiger partial charge on any atom is 0.227 e. The van der Waals surface area contributed by atoms with Crippen LogP contribution in [0.15, 0.2) is 0 Å². The van der Waals surface area contributed by atoms with Gasteiger partial charge < -0.3 is 10.6 Å². The molecule has 0 spiro atoms. The van der Waals surface area contributed by atoms with Crippen molar-refractivity contribution in [2.75, 3.05) is 25.1 Å². The van der Waals surface area contributed by atoms with Crippen molar-refractivity contribution < 1.29 is 4.79 Å². The van der Waals surface area contributed by atoms with Gasteiger partial charge in [-0.3, -0.25) is 4.79 Å². The second-order valence-electron chi connectivity index (χ2n) is 4.32. The smallest absolute Gasteiger partial charge is 0.227 e. The van der Waals surface area contributed by atoms with Gasteiger partial charge in [0.05, 0.1) is 5.41 Å². The van der Waals surface area contributed by atoms with Gasteiger partial charge in [-0.1, -0.05) is 0 Å². The molecule has 0 saturated carbocycles. The Morgan fingerprint density at radius 3 is 2.80 bits per heavy atom. The van der Waals surface area contributed by atoms with Crippen LogP contribution in [0, 0.1) is 5.41 Å². The van der Waals surface area contributed by atoms with Crippen molar-refractivity contribution in [3.05, 3.63) is 0 Å². The molecule has 90 valence electrons. The summed E-state index contributed by atoms with van der Waals surface area (Å²) in [6, 6.07) is 0.273. The fraction of sp³-hybridized carbons (Fsp3) is 0.900. The molecular formula is C10H21ClN2OS. The van der Waals surface area contributed by atoms with Crippen molar-refractivity contribution >= 4 is 30.1 Å². The van der Waals surface area contributed by atoms with Gasteiger partial charge in [-0.25, -0.2) is 0 Å². The molecular weight excluding hydrogens is 232 g/mol. The molecule has 1 saturated heterocycles. The zero-order valence-electron chi connectivity index (χ0n) is 9.63. The van der Waals surface area contributed by atoms with E-state index >= 15 is 0 Å². The Bertz CT molecular complexity index is 208. The molecule has 1 aliphatic rings. The molecule has 0 aromatic heterocycles. The summed E-state index contributed by atoms with van der Waals surface area (Å²) >= 11 is 1.76. The van der Waals surface area contributed by atoms with Crippen LogP contribution in [0.2, 0.25) is 0 Å². The van der Waals surface area contributed by atoms with Gasteiger partial charge in [0.1, 0.15) is 0 Å². The molecule has 1 heterocycles. The summed E-state index contributed by atoms with van der Waals surface area (Å²) in [6.45, 7) is 5.86. The predicted molar refractivity (Wildman–Crippen MR) is 68.8 cm³/mol. The zero-order chi connectivity index (χ0) is 10.6. The van der Waals surface area contributed by atoms with E-state index in [9.17, 15) is 4.79 Å². The molecule has 2 unspecified atom stereocenters. The topological polar surface area (TPSA) is 41.1 Å². The number of amides is 1. The van der Waals surface area contributed by atoms with Crippen LogP contribution < -0.4 is 10.6 Å². The lowest BCUT2D eigenvalue weighted by atomic mass is 9.88. The first-order valence-corrected chi connectivity index (χ1v) is 6.48. The van der Waals surface area contributed by atoms with Crippen molar-refractivity contribution in [2.45, 2.75) is 26.3 Å². The molecule has 15 heavy (non-hydrogen) atoms. The highest BCUT2D eigenvalue weighted by Crippen LogP contribution is 2.24. The molecule has 0 bridgehead atoms. The van der Waals surface area contributed by atoms with E-state index in [-0.39, 0.29) is 29.8 Å². The first kappa shape index (κ1) is 15.1. The Hall–Kier alpha value is 0.0700. The molecule has 1 rings (SSSR count). The summed E-state index contributed by atoms with van der Waals surface area (Å²) in [5, 5.41) is 6.30. The quantitative estimate of drug-likeness (QED) is 0.792. The standard InChI is InChI=1S/C10H20N2OS.ClH/c1-8(6-14-3)12-9(13)10(2)4-5-11-7-10;/h8,11H,4-7H2,1-3H3,(H,12,13);1H. The van der Waals surface area contributed by atoms with Crippen LogP contribution in [0.1, 0.15) is 20.3 Å². The van der Waals surface area contributed by atoms with Crippen LogP contribution in [0.3, 0.4) is 0 Å². The minimum Gasteiger partial charge on any atom is -0.352 e. The van der Waals surface area contributed by atoms with Gasteiger partial charge in [0.25, 0.3) is 0 Å².